The van der Waals surface area contributed by atoms with Gasteiger partial charge in [0.1, 0.15) is 17.7 Å². The summed E-state index contributed by atoms with van der Waals surface area (Å²) < 4.78 is 14.3. The Morgan fingerprint density at radius 2 is 1.44 bits per heavy atom. The number of nitrogens with zero attached hydrogens (tertiary/aromatic N) is 1. The van der Waals surface area contributed by atoms with Gasteiger partial charge < -0.3 is 10.4 Å². The van der Waals surface area contributed by atoms with Crippen molar-refractivity contribution >= 4 is 23.4 Å². The number of ketones is 2. The molecule has 1 aliphatic carbocycles. The molecule has 6 heteroatoms. The van der Waals surface area contributed by atoms with Gasteiger partial charge in [-0.25, -0.2) is 4.39 Å². The van der Waals surface area contributed by atoms with Crippen LogP contribution in [0.4, 0.5) is 4.39 Å². The van der Waals surface area contributed by atoms with E-state index in [9.17, 15) is 14.0 Å². The molecule has 5 nitrogen and oxygen atoms in total. The zero-order chi connectivity index (χ0) is 53.0. The third kappa shape index (κ3) is 27.5. The molecule has 68 heavy (non-hydrogen) atoms. The fourth-order valence-corrected chi connectivity index (χ4v) is 8.02. The lowest BCUT2D eigenvalue weighted by Gasteiger charge is -2.36. The fraction of sp³-hybridized carbons (Fsp3) is 0.661. The molecule has 2 unspecified atom stereocenters. The minimum atomic E-state index is -0.741. The number of aryl methyl sites for hydroxylation is 1. The van der Waals surface area contributed by atoms with Crippen LogP contribution in [0.15, 0.2) is 89.1 Å². The molecule has 2 rings (SSSR count). The van der Waals surface area contributed by atoms with Gasteiger partial charge in [-0.1, -0.05) is 193 Å². The monoisotopic (exact) mass is 947 g/mol. The molecule has 1 aromatic rings. The number of Topliss-reactive ketones (excluding diaryl/α,β-unsaturated/α-hetero) is 2. The number of aliphatic hydroxyl groups is 1. The number of hydrogen-bond donors (Lipinski definition) is 2. The van der Waals surface area contributed by atoms with Gasteiger partial charge in [0.15, 0.2) is 5.78 Å². The van der Waals surface area contributed by atoms with Crippen LogP contribution >= 0.6 is 0 Å². The van der Waals surface area contributed by atoms with Crippen molar-refractivity contribution in [1.82, 2.24) is 5.32 Å². The number of carbonyl (C=O) groups excluding carboxylic acids is 2. The van der Waals surface area contributed by atoms with Gasteiger partial charge in [0.05, 0.1) is 16.8 Å². The van der Waals surface area contributed by atoms with Gasteiger partial charge in [0.2, 0.25) is 0 Å². The van der Waals surface area contributed by atoms with Crippen molar-refractivity contribution in [3.8, 4) is 0 Å². The summed E-state index contributed by atoms with van der Waals surface area (Å²) in [5, 5.41) is 12.2. The van der Waals surface area contributed by atoms with Crippen molar-refractivity contribution in [3.05, 3.63) is 101 Å². The Balaban J connectivity index is -0.00000120. The van der Waals surface area contributed by atoms with E-state index < -0.39 is 17.3 Å². The van der Waals surface area contributed by atoms with Crippen LogP contribution in [0.5, 0.6) is 0 Å². The first kappa shape index (κ1) is 68.6. The van der Waals surface area contributed by atoms with Crippen molar-refractivity contribution in [3.63, 3.8) is 0 Å². The standard InChI is InChI=1S/C36H51FN2O.C8H16O2.C7H14.C7H16.C4H10/c1-12-17-33(32(37)16-5)39-29(11)28(10)34(38-22-15-4)24-26(8)30-18-19-31(27(9)23-30)36(20-13-2,21-14-3)35(40)25(6)7;1-4-6(3)8(10)7(9)5-2;1-3-7-4-6(2)5-7;1-3-5-7-6-4-2;1-4(2)3/h12,16-19,22-25,39H,5,8,13-15,20-21H2,1-4,6-7,9-11H3;6-7,9H,4-5H2,1-3H3;6-7H,3-5H2,1-2H3;3-7H2,1-2H3;4H,1-3H3/b17-12-,29-28+,33-32-,34-24+,38-22?;;;;. The van der Waals surface area contributed by atoms with Crippen molar-refractivity contribution in [2.75, 3.05) is 0 Å². The van der Waals surface area contributed by atoms with Crippen LogP contribution in [-0.4, -0.2) is 29.0 Å². The quantitative estimate of drug-likeness (QED) is 0.0581. The van der Waals surface area contributed by atoms with Gasteiger partial charge >= 0.3 is 0 Å². The SMILES string of the molecule is C=C/C(F)=C(\C=C/C)N/C(C)=C(C)/C(=C\C(=C)c1ccc(C(CCC)(CCC)C(=O)C(C)C)c(C)c1)N=CCC.CC(C)C.CCC(C)C(=O)C(O)CC.CCC1CC(C)C1.CCCCCCC. The van der Waals surface area contributed by atoms with Crippen LogP contribution in [0.3, 0.4) is 0 Å². The van der Waals surface area contributed by atoms with E-state index in [1.54, 1.807) is 12.2 Å². The van der Waals surface area contributed by atoms with E-state index in [0.29, 0.717) is 17.9 Å². The summed E-state index contributed by atoms with van der Waals surface area (Å²) in [6, 6.07) is 6.35. The molecule has 0 aromatic heterocycles. The number of aliphatic hydroxyl groups excluding tert-OH is 1. The molecular weight excluding hydrogens is 840 g/mol. The van der Waals surface area contributed by atoms with Gasteiger partial charge in [0.25, 0.3) is 0 Å². The van der Waals surface area contributed by atoms with Gasteiger partial charge in [-0.15, -0.1) is 0 Å². The minimum absolute atomic E-state index is 0.00921. The van der Waals surface area contributed by atoms with E-state index in [-0.39, 0.29) is 17.6 Å². The maximum Gasteiger partial charge on any atom is 0.164 e. The smallest absolute Gasteiger partial charge is 0.164 e. The summed E-state index contributed by atoms with van der Waals surface area (Å²) in [6.45, 7) is 47.3. The topological polar surface area (TPSA) is 78.8 Å². The number of benzene rings is 1. The van der Waals surface area contributed by atoms with Gasteiger partial charge in [0, 0.05) is 23.7 Å². The van der Waals surface area contributed by atoms with Crippen molar-refractivity contribution in [1.29, 1.82) is 0 Å². The molecule has 390 valence electrons. The minimum Gasteiger partial charge on any atom is -0.385 e. The highest BCUT2D eigenvalue weighted by molar-refractivity contribution is 5.92. The number of rotatable bonds is 25. The molecule has 2 atom stereocenters. The summed E-state index contributed by atoms with van der Waals surface area (Å²) in [5.41, 5.74) is 6.32. The summed E-state index contributed by atoms with van der Waals surface area (Å²) in [7, 11) is 0. The lowest BCUT2D eigenvalue weighted by molar-refractivity contribution is -0.131. The van der Waals surface area contributed by atoms with Crippen LogP contribution in [-0.2, 0) is 15.0 Å². The molecule has 0 bridgehead atoms. The lowest BCUT2D eigenvalue weighted by atomic mass is 9.66. The predicted octanol–water partition coefficient (Wildman–Crippen LogP) is 18.7. The average molecular weight is 948 g/mol. The highest BCUT2D eigenvalue weighted by atomic mass is 19.1. The zero-order valence-corrected chi connectivity index (χ0v) is 47.7. The van der Waals surface area contributed by atoms with E-state index in [2.05, 4.69) is 106 Å². The molecule has 0 heterocycles. The first-order valence-corrected chi connectivity index (χ1v) is 26.9. The number of nitrogens with one attached hydrogen (secondary N) is 1. The Morgan fingerprint density at radius 3 is 1.81 bits per heavy atom. The first-order chi connectivity index (χ1) is 32.0. The predicted molar refractivity (Wildman–Crippen MR) is 301 cm³/mol. The Bertz CT molecular complexity index is 1690. The number of carbonyl (C=O) groups is 2. The zero-order valence-electron chi connectivity index (χ0n) is 47.7. The van der Waals surface area contributed by atoms with Gasteiger partial charge in [-0.2, -0.15) is 0 Å². The third-order valence-electron chi connectivity index (χ3n) is 12.3. The highest BCUT2D eigenvalue weighted by Crippen LogP contribution is 2.40. The highest BCUT2D eigenvalue weighted by Gasteiger charge is 2.40. The van der Waals surface area contributed by atoms with Crippen molar-refractivity contribution < 1.29 is 19.1 Å². The molecule has 1 saturated carbocycles. The van der Waals surface area contributed by atoms with E-state index in [1.807, 2.05) is 74.6 Å². The molecule has 0 saturated heterocycles. The van der Waals surface area contributed by atoms with Crippen LogP contribution in [0.2, 0.25) is 0 Å². The summed E-state index contributed by atoms with van der Waals surface area (Å²) in [5.74, 6) is 2.83. The second-order valence-corrected chi connectivity index (χ2v) is 20.0. The molecule has 0 amide bonds. The van der Waals surface area contributed by atoms with Crippen LogP contribution in [0.25, 0.3) is 5.57 Å². The Kier molecular flexibility index (Phi) is 40.5. The number of unbranched alkanes of at least 4 members (excludes halogenated alkanes) is 4. The van der Waals surface area contributed by atoms with Gasteiger partial charge in [-0.3, -0.25) is 14.6 Å². The van der Waals surface area contributed by atoms with E-state index in [0.717, 1.165) is 95.5 Å². The van der Waals surface area contributed by atoms with Crippen molar-refractivity contribution in [2.45, 2.75) is 239 Å². The number of aliphatic imine (C=N–C) groups is 1. The Morgan fingerprint density at radius 1 is 0.897 bits per heavy atom. The molecule has 0 aliphatic heterocycles. The molecule has 0 radical (unpaired) electrons. The summed E-state index contributed by atoms with van der Waals surface area (Å²) >= 11 is 0. The molecule has 1 fully saturated rings. The van der Waals surface area contributed by atoms with Crippen LogP contribution in [0, 0.1) is 36.5 Å². The summed E-state index contributed by atoms with van der Waals surface area (Å²) in [6.07, 6.45) is 24.9. The molecule has 0 spiro atoms. The summed E-state index contributed by atoms with van der Waals surface area (Å²) in [4.78, 5) is 29.3. The number of allylic oxidation sites excluding steroid dienone is 8. The van der Waals surface area contributed by atoms with Crippen LogP contribution in [0.1, 0.15) is 238 Å². The lowest BCUT2D eigenvalue weighted by Crippen LogP contribution is -2.39. The van der Waals surface area contributed by atoms with E-state index in [4.69, 9.17) is 10.1 Å². The fourth-order valence-electron chi connectivity index (χ4n) is 8.02. The molecule has 1 aromatic carbocycles. The Hall–Kier alpha value is -3.64. The van der Waals surface area contributed by atoms with Crippen LogP contribution < -0.4 is 5.32 Å². The third-order valence-corrected chi connectivity index (χ3v) is 12.3. The maximum atomic E-state index is 14.3. The van der Waals surface area contributed by atoms with E-state index in [1.165, 1.54) is 57.4 Å². The second kappa shape index (κ2) is 40.1. The Labute approximate surface area is 420 Å². The first-order valence-electron chi connectivity index (χ1n) is 26.9. The average Bonchev–Trinajstić information content (AvgIpc) is 3.30. The largest absolute Gasteiger partial charge is 0.385 e. The van der Waals surface area contributed by atoms with Crippen molar-refractivity contribution in [2.24, 2.45) is 34.6 Å². The van der Waals surface area contributed by atoms with E-state index >= 15 is 0 Å². The number of halogens is 1. The normalized spacial score (nSPS) is 16.3. The molecule has 1 aliphatic rings. The number of hydrogen-bond acceptors (Lipinski definition) is 5. The molecule has 2 N–H and O–H groups in total. The van der Waals surface area contributed by atoms with Gasteiger partial charge in [-0.05, 0) is 136 Å². The maximum absolute atomic E-state index is 14.3. The molecular formula is C62H107FN2O3. The second-order valence-electron chi connectivity index (χ2n) is 20.0.